The standard InChI is InChI=1S/C9H19BN2/c1-2-4-9(5-3-7-10)6-8-12-11/h3-5,12H,2,6-8,10-11H2,1H3/b5-3-,9-4+. The second-order valence-corrected chi connectivity index (χ2v) is 2.70. The fraction of sp³-hybridized carbons (Fsp3) is 0.556. The number of nitrogens with two attached hydrogens (primary N) is 1. The molecule has 68 valence electrons. The molecule has 0 atom stereocenters. The van der Waals surface area contributed by atoms with Crippen molar-refractivity contribution in [3.8, 4) is 0 Å². The highest BCUT2D eigenvalue weighted by atomic mass is 15.2. The molecular weight excluding hydrogens is 147 g/mol. The second kappa shape index (κ2) is 8.56. The van der Waals surface area contributed by atoms with Gasteiger partial charge in [0.1, 0.15) is 7.85 Å². The van der Waals surface area contributed by atoms with Gasteiger partial charge in [0.25, 0.3) is 0 Å². The van der Waals surface area contributed by atoms with Gasteiger partial charge >= 0.3 is 0 Å². The van der Waals surface area contributed by atoms with E-state index in [-0.39, 0.29) is 0 Å². The molecule has 0 amide bonds. The first kappa shape index (κ1) is 11.5. The van der Waals surface area contributed by atoms with Crippen LogP contribution >= 0.6 is 0 Å². The van der Waals surface area contributed by atoms with Gasteiger partial charge in [0, 0.05) is 6.54 Å². The predicted octanol–water partition coefficient (Wildman–Crippen LogP) is 0.784. The van der Waals surface area contributed by atoms with Crippen molar-refractivity contribution in [2.24, 2.45) is 5.84 Å². The third kappa shape index (κ3) is 6.19. The van der Waals surface area contributed by atoms with Crippen molar-refractivity contribution in [2.45, 2.75) is 26.1 Å². The molecule has 0 aliphatic carbocycles. The van der Waals surface area contributed by atoms with E-state index in [1.54, 1.807) is 0 Å². The Balaban J connectivity index is 3.86. The topological polar surface area (TPSA) is 38.0 Å². The van der Waals surface area contributed by atoms with Gasteiger partial charge in [-0.05, 0) is 12.8 Å². The maximum absolute atomic E-state index is 5.20. The van der Waals surface area contributed by atoms with Crippen LogP contribution in [0.4, 0.5) is 0 Å². The number of hydrogen-bond donors (Lipinski definition) is 2. The van der Waals surface area contributed by atoms with Gasteiger partial charge in [0.2, 0.25) is 0 Å². The van der Waals surface area contributed by atoms with E-state index in [4.69, 9.17) is 5.84 Å². The fourth-order valence-corrected chi connectivity index (χ4v) is 1.00. The summed E-state index contributed by atoms with van der Waals surface area (Å²) in [6, 6.07) is 0. The Morgan fingerprint density at radius 1 is 1.58 bits per heavy atom. The van der Waals surface area contributed by atoms with Crippen LogP contribution in [-0.4, -0.2) is 14.4 Å². The first-order valence-corrected chi connectivity index (χ1v) is 4.64. The van der Waals surface area contributed by atoms with Crippen LogP contribution in [0.15, 0.2) is 23.8 Å². The Bertz CT molecular complexity index is 153. The van der Waals surface area contributed by atoms with Crippen molar-refractivity contribution in [1.82, 2.24) is 5.43 Å². The summed E-state index contributed by atoms with van der Waals surface area (Å²) in [5.41, 5.74) is 4.03. The minimum absolute atomic E-state index is 0.847. The van der Waals surface area contributed by atoms with Gasteiger partial charge < -0.3 is 0 Å². The summed E-state index contributed by atoms with van der Waals surface area (Å²) in [7, 11) is 2.14. The van der Waals surface area contributed by atoms with Crippen molar-refractivity contribution in [3.05, 3.63) is 23.8 Å². The fourth-order valence-electron chi connectivity index (χ4n) is 1.00. The van der Waals surface area contributed by atoms with E-state index >= 15 is 0 Å². The highest BCUT2D eigenvalue weighted by molar-refractivity contribution is 6.09. The highest BCUT2D eigenvalue weighted by Gasteiger charge is 1.89. The molecule has 0 aromatic rings. The third-order valence-electron chi connectivity index (χ3n) is 1.59. The Morgan fingerprint density at radius 2 is 2.33 bits per heavy atom. The van der Waals surface area contributed by atoms with Crippen LogP contribution < -0.4 is 11.3 Å². The summed E-state index contributed by atoms with van der Waals surface area (Å²) in [5.74, 6) is 5.20. The maximum atomic E-state index is 5.20. The summed E-state index contributed by atoms with van der Waals surface area (Å²) in [4.78, 5) is 0. The lowest BCUT2D eigenvalue weighted by Crippen LogP contribution is -2.23. The van der Waals surface area contributed by atoms with Crippen molar-refractivity contribution < 1.29 is 0 Å². The molecule has 0 spiro atoms. The molecule has 0 fully saturated rings. The third-order valence-corrected chi connectivity index (χ3v) is 1.59. The molecule has 3 N–H and O–H groups in total. The summed E-state index contributed by atoms with van der Waals surface area (Å²) < 4.78 is 0. The Morgan fingerprint density at radius 3 is 2.83 bits per heavy atom. The molecule has 0 saturated heterocycles. The number of hydrazine groups is 1. The van der Waals surface area contributed by atoms with Crippen molar-refractivity contribution in [1.29, 1.82) is 0 Å². The average Bonchev–Trinajstić information content (AvgIpc) is 2.10. The van der Waals surface area contributed by atoms with E-state index in [1.165, 1.54) is 5.57 Å². The van der Waals surface area contributed by atoms with E-state index in [9.17, 15) is 0 Å². The molecule has 0 bridgehead atoms. The first-order valence-electron chi connectivity index (χ1n) is 4.64. The average molecular weight is 166 g/mol. The van der Waals surface area contributed by atoms with Gasteiger partial charge in [-0.25, -0.2) is 0 Å². The van der Waals surface area contributed by atoms with Crippen molar-refractivity contribution >= 4 is 7.85 Å². The molecule has 0 aromatic heterocycles. The van der Waals surface area contributed by atoms with Crippen molar-refractivity contribution in [2.75, 3.05) is 6.54 Å². The normalized spacial score (nSPS) is 12.7. The molecule has 0 saturated carbocycles. The molecule has 0 aromatic carbocycles. The summed E-state index contributed by atoms with van der Waals surface area (Å²) in [5, 5.41) is 0. The zero-order chi connectivity index (χ0) is 9.23. The van der Waals surface area contributed by atoms with E-state index in [0.717, 1.165) is 25.7 Å². The molecule has 0 rings (SSSR count). The predicted molar refractivity (Wildman–Crippen MR) is 57.7 cm³/mol. The van der Waals surface area contributed by atoms with Crippen LogP contribution in [0.3, 0.4) is 0 Å². The molecule has 0 heterocycles. The number of hydrogen-bond acceptors (Lipinski definition) is 2. The molecule has 0 unspecified atom stereocenters. The van der Waals surface area contributed by atoms with E-state index in [1.807, 2.05) is 0 Å². The van der Waals surface area contributed by atoms with Crippen LogP contribution in [0.25, 0.3) is 0 Å². The van der Waals surface area contributed by atoms with E-state index in [0.29, 0.717) is 0 Å². The molecule has 3 heteroatoms. The molecule has 2 nitrogen and oxygen atoms in total. The van der Waals surface area contributed by atoms with Gasteiger partial charge in [-0.2, -0.15) is 0 Å². The SMILES string of the molecule is BC/C=C\C(=C/CC)CCNN. The zero-order valence-electron chi connectivity index (χ0n) is 8.14. The maximum Gasteiger partial charge on any atom is 0.106 e. The lowest BCUT2D eigenvalue weighted by molar-refractivity contribution is 0.729. The van der Waals surface area contributed by atoms with Crippen LogP contribution in [0.1, 0.15) is 19.8 Å². The Labute approximate surface area is 76.3 Å². The lowest BCUT2D eigenvalue weighted by Gasteiger charge is -2.00. The second-order valence-electron chi connectivity index (χ2n) is 2.70. The van der Waals surface area contributed by atoms with Crippen LogP contribution in [0.2, 0.25) is 6.32 Å². The highest BCUT2D eigenvalue weighted by Crippen LogP contribution is 2.04. The summed E-state index contributed by atoms with van der Waals surface area (Å²) in [6.45, 7) is 3.00. The van der Waals surface area contributed by atoms with Gasteiger partial charge in [0.15, 0.2) is 0 Å². The minimum atomic E-state index is 0.847. The van der Waals surface area contributed by atoms with E-state index in [2.05, 4.69) is 38.4 Å². The van der Waals surface area contributed by atoms with Crippen molar-refractivity contribution in [3.63, 3.8) is 0 Å². The summed E-state index contributed by atoms with van der Waals surface area (Å²) in [6.07, 6.45) is 9.80. The van der Waals surface area contributed by atoms with Gasteiger partial charge in [0.05, 0.1) is 0 Å². The van der Waals surface area contributed by atoms with Crippen LogP contribution in [0.5, 0.6) is 0 Å². The van der Waals surface area contributed by atoms with Gasteiger partial charge in [-0.3, -0.25) is 11.3 Å². The molecule has 12 heavy (non-hydrogen) atoms. The first-order chi connectivity index (χ1) is 5.85. The Hall–Kier alpha value is -0.535. The quantitative estimate of drug-likeness (QED) is 0.265. The lowest BCUT2D eigenvalue weighted by atomic mass is 10.0. The van der Waals surface area contributed by atoms with E-state index < -0.39 is 0 Å². The monoisotopic (exact) mass is 166 g/mol. The van der Waals surface area contributed by atoms with Gasteiger partial charge in [-0.15, -0.1) is 0 Å². The minimum Gasteiger partial charge on any atom is -0.271 e. The number of allylic oxidation sites excluding steroid dienone is 3. The molecule has 0 aliphatic heterocycles. The summed E-state index contributed by atoms with van der Waals surface area (Å²) >= 11 is 0. The smallest absolute Gasteiger partial charge is 0.106 e. The van der Waals surface area contributed by atoms with Gasteiger partial charge in [-0.1, -0.05) is 37.0 Å². The van der Waals surface area contributed by atoms with Crippen LogP contribution in [-0.2, 0) is 0 Å². The Kier molecular flexibility index (Phi) is 8.18. The largest absolute Gasteiger partial charge is 0.271 e. The van der Waals surface area contributed by atoms with Crippen LogP contribution in [0, 0.1) is 0 Å². The molecule has 0 aliphatic rings. The number of rotatable bonds is 6. The molecule has 0 radical (unpaired) electrons. The molecular formula is C9H19BN2. The number of nitrogens with one attached hydrogen (secondary N) is 1. The zero-order valence-corrected chi connectivity index (χ0v) is 8.14.